The zero-order valence-electron chi connectivity index (χ0n) is 14.8. The fraction of sp³-hybridized carbons (Fsp3) is 0.389. The van der Waals surface area contributed by atoms with Crippen LogP contribution in [0.25, 0.3) is 0 Å². The Kier molecular flexibility index (Phi) is 6.16. The van der Waals surface area contributed by atoms with Crippen LogP contribution in [0.2, 0.25) is 0 Å². The third-order valence-corrected chi connectivity index (χ3v) is 3.83. The number of carbonyl (C=O) groups is 2. The monoisotopic (exact) mass is 347 g/mol. The van der Waals surface area contributed by atoms with Crippen LogP contribution in [0.3, 0.4) is 0 Å². The summed E-state index contributed by atoms with van der Waals surface area (Å²) in [5, 5.41) is 3.84. The van der Waals surface area contributed by atoms with Crippen LogP contribution in [-0.2, 0) is 16.0 Å². The van der Waals surface area contributed by atoms with Crippen molar-refractivity contribution in [3.05, 3.63) is 40.8 Å². The Morgan fingerprint density at radius 1 is 1.16 bits per heavy atom. The minimum atomic E-state index is -0.458. The van der Waals surface area contributed by atoms with Gasteiger partial charge in [0.05, 0.1) is 25.5 Å². The van der Waals surface area contributed by atoms with Gasteiger partial charge in [-0.25, -0.2) is 0 Å². The number of aryl methyl sites for hydroxylation is 2. The molecule has 0 N–H and O–H groups in total. The summed E-state index contributed by atoms with van der Waals surface area (Å²) < 4.78 is 20.4. The maximum absolute atomic E-state index is 12.2. The molecule has 2 rings (SSSR count). The highest BCUT2D eigenvalue weighted by Crippen LogP contribution is 2.25. The number of rotatable bonds is 8. The molecular formula is C18H21NO6. The predicted octanol–water partition coefficient (Wildman–Crippen LogP) is 2.67. The summed E-state index contributed by atoms with van der Waals surface area (Å²) in [5.41, 5.74) is 1.98. The summed E-state index contributed by atoms with van der Waals surface area (Å²) in [5.74, 6) is 0.830. The van der Waals surface area contributed by atoms with Gasteiger partial charge >= 0.3 is 5.97 Å². The highest BCUT2D eigenvalue weighted by atomic mass is 16.5. The van der Waals surface area contributed by atoms with Crippen LogP contribution < -0.4 is 9.47 Å². The molecule has 0 atom stereocenters. The van der Waals surface area contributed by atoms with E-state index in [9.17, 15) is 9.59 Å². The van der Waals surface area contributed by atoms with Crippen molar-refractivity contribution >= 4 is 11.8 Å². The SMILES string of the molecule is COc1ccc(C(=O)COC(=O)CCc2c(C)noc2C)c(OC)c1. The summed E-state index contributed by atoms with van der Waals surface area (Å²) in [6, 6.07) is 4.83. The number of esters is 1. The number of Topliss-reactive ketones (excluding diaryl/α,β-unsaturated/α-hetero) is 1. The molecule has 2 aromatic rings. The molecule has 7 nitrogen and oxygen atoms in total. The Morgan fingerprint density at radius 3 is 2.52 bits per heavy atom. The standard InChI is InChI=1S/C18H21NO6/c1-11-14(12(2)25-19-11)7-8-18(21)24-10-16(20)15-6-5-13(22-3)9-17(15)23-4/h5-6,9H,7-8,10H2,1-4H3. The summed E-state index contributed by atoms with van der Waals surface area (Å²) >= 11 is 0. The van der Waals surface area contributed by atoms with Gasteiger partial charge in [-0.05, 0) is 32.4 Å². The van der Waals surface area contributed by atoms with Crippen molar-refractivity contribution in [3.8, 4) is 11.5 Å². The van der Waals surface area contributed by atoms with E-state index in [-0.39, 0.29) is 18.8 Å². The number of hydrogen-bond donors (Lipinski definition) is 0. The van der Waals surface area contributed by atoms with E-state index in [0.717, 1.165) is 11.3 Å². The van der Waals surface area contributed by atoms with Gasteiger partial charge in [0.2, 0.25) is 5.78 Å². The molecule has 0 spiro atoms. The van der Waals surface area contributed by atoms with E-state index < -0.39 is 5.97 Å². The first-order chi connectivity index (χ1) is 12.0. The van der Waals surface area contributed by atoms with E-state index in [4.69, 9.17) is 18.7 Å². The molecule has 1 heterocycles. The Hall–Kier alpha value is -2.83. The van der Waals surface area contributed by atoms with Gasteiger partial charge in [0.25, 0.3) is 0 Å². The van der Waals surface area contributed by atoms with Gasteiger partial charge in [0.1, 0.15) is 17.3 Å². The molecule has 0 bridgehead atoms. The van der Waals surface area contributed by atoms with Crippen molar-refractivity contribution in [1.29, 1.82) is 0 Å². The number of hydrogen-bond acceptors (Lipinski definition) is 7. The molecule has 0 saturated carbocycles. The second kappa shape index (κ2) is 8.32. The Labute approximate surface area is 145 Å². The number of aromatic nitrogens is 1. The number of methoxy groups -OCH3 is 2. The first kappa shape index (κ1) is 18.5. The minimum absolute atomic E-state index is 0.149. The van der Waals surface area contributed by atoms with E-state index in [2.05, 4.69) is 5.16 Å². The van der Waals surface area contributed by atoms with Crippen LogP contribution in [0.4, 0.5) is 0 Å². The summed E-state index contributed by atoms with van der Waals surface area (Å²) in [6.07, 6.45) is 0.607. The fourth-order valence-electron chi connectivity index (χ4n) is 2.41. The molecule has 0 saturated heterocycles. The van der Waals surface area contributed by atoms with Crippen molar-refractivity contribution in [2.24, 2.45) is 0 Å². The first-order valence-electron chi connectivity index (χ1n) is 7.78. The van der Waals surface area contributed by atoms with Gasteiger partial charge in [0, 0.05) is 18.1 Å². The number of ketones is 1. The highest BCUT2D eigenvalue weighted by molar-refractivity contribution is 6.00. The van der Waals surface area contributed by atoms with Gasteiger partial charge in [-0.3, -0.25) is 9.59 Å². The van der Waals surface area contributed by atoms with Crippen LogP contribution in [0.5, 0.6) is 11.5 Å². The minimum Gasteiger partial charge on any atom is -0.497 e. The van der Waals surface area contributed by atoms with E-state index in [0.29, 0.717) is 29.2 Å². The number of ether oxygens (including phenoxy) is 3. The largest absolute Gasteiger partial charge is 0.497 e. The van der Waals surface area contributed by atoms with Crippen molar-refractivity contribution in [3.63, 3.8) is 0 Å². The molecule has 0 radical (unpaired) electrons. The van der Waals surface area contributed by atoms with Gasteiger partial charge < -0.3 is 18.7 Å². The molecule has 0 aliphatic heterocycles. The van der Waals surface area contributed by atoms with Crippen LogP contribution in [0, 0.1) is 13.8 Å². The quantitative estimate of drug-likeness (QED) is 0.536. The molecule has 0 aliphatic carbocycles. The zero-order valence-corrected chi connectivity index (χ0v) is 14.8. The molecule has 0 aliphatic rings. The molecule has 0 amide bonds. The van der Waals surface area contributed by atoms with Gasteiger partial charge in [-0.15, -0.1) is 0 Å². The smallest absolute Gasteiger partial charge is 0.306 e. The maximum Gasteiger partial charge on any atom is 0.306 e. The van der Waals surface area contributed by atoms with Crippen molar-refractivity contribution < 1.29 is 28.3 Å². The van der Waals surface area contributed by atoms with Gasteiger partial charge in [-0.2, -0.15) is 0 Å². The van der Waals surface area contributed by atoms with Crippen LogP contribution in [0.1, 0.15) is 33.8 Å². The van der Waals surface area contributed by atoms with Crippen molar-refractivity contribution in [2.45, 2.75) is 26.7 Å². The molecule has 0 fully saturated rings. The summed E-state index contributed by atoms with van der Waals surface area (Å²) in [6.45, 7) is 3.26. The number of benzene rings is 1. The van der Waals surface area contributed by atoms with E-state index in [1.807, 2.05) is 6.92 Å². The molecule has 7 heteroatoms. The third-order valence-electron chi connectivity index (χ3n) is 3.83. The predicted molar refractivity (Wildman–Crippen MR) is 89.1 cm³/mol. The first-order valence-corrected chi connectivity index (χ1v) is 7.78. The molecule has 1 aromatic heterocycles. The van der Waals surface area contributed by atoms with E-state index in [1.165, 1.54) is 14.2 Å². The molecule has 1 aromatic carbocycles. The van der Waals surface area contributed by atoms with Gasteiger partial charge in [0.15, 0.2) is 6.61 Å². The normalized spacial score (nSPS) is 10.4. The average Bonchev–Trinajstić information content (AvgIpc) is 2.95. The molecular weight excluding hydrogens is 326 g/mol. The van der Waals surface area contributed by atoms with Crippen molar-refractivity contribution in [1.82, 2.24) is 5.16 Å². The molecule has 134 valence electrons. The topological polar surface area (TPSA) is 87.9 Å². The summed E-state index contributed by atoms with van der Waals surface area (Å²) in [7, 11) is 2.98. The zero-order chi connectivity index (χ0) is 18.4. The van der Waals surface area contributed by atoms with Crippen LogP contribution in [-0.4, -0.2) is 37.7 Å². The van der Waals surface area contributed by atoms with E-state index >= 15 is 0 Å². The lowest BCUT2D eigenvalue weighted by molar-refractivity contribution is -0.142. The third kappa shape index (κ3) is 4.59. The Bertz CT molecular complexity index is 745. The Balaban J connectivity index is 1.90. The Morgan fingerprint density at radius 2 is 1.92 bits per heavy atom. The average molecular weight is 347 g/mol. The number of carbonyl (C=O) groups excluding carboxylic acids is 2. The lowest BCUT2D eigenvalue weighted by atomic mass is 10.1. The second-order valence-corrected chi connectivity index (χ2v) is 5.45. The summed E-state index contributed by atoms with van der Waals surface area (Å²) in [4.78, 5) is 24.1. The van der Waals surface area contributed by atoms with Crippen LogP contribution in [0.15, 0.2) is 22.7 Å². The molecule has 0 unspecified atom stereocenters. The van der Waals surface area contributed by atoms with Crippen LogP contribution >= 0.6 is 0 Å². The maximum atomic E-state index is 12.2. The van der Waals surface area contributed by atoms with Crippen molar-refractivity contribution in [2.75, 3.05) is 20.8 Å². The fourth-order valence-corrected chi connectivity index (χ4v) is 2.41. The lowest BCUT2D eigenvalue weighted by Gasteiger charge is -2.10. The molecule has 25 heavy (non-hydrogen) atoms. The van der Waals surface area contributed by atoms with Gasteiger partial charge in [-0.1, -0.05) is 5.16 Å². The number of nitrogens with zero attached hydrogens (tertiary/aromatic N) is 1. The second-order valence-electron chi connectivity index (χ2n) is 5.45. The van der Waals surface area contributed by atoms with E-state index in [1.54, 1.807) is 25.1 Å². The lowest BCUT2D eigenvalue weighted by Crippen LogP contribution is -2.15. The highest BCUT2D eigenvalue weighted by Gasteiger charge is 2.16.